The van der Waals surface area contributed by atoms with Crippen LogP contribution in [-0.4, -0.2) is 17.6 Å². The summed E-state index contributed by atoms with van der Waals surface area (Å²) in [5.41, 5.74) is 1.97. The van der Waals surface area contributed by atoms with Gasteiger partial charge in [0.1, 0.15) is 0 Å². The SMILES string of the molecule is CCCCCNc1ccc(C=CC(=O)O)cc1. The number of carbonyl (C=O) groups is 1. The van der Waals surface area contributed by atoms with Crippen molar-refractivity contribution in [2.45, 2.75) is 26.2 Å². The Kier molecular flexibility index (Phi) is 5.86. The highest BCUT2D eigenvalue weighted by molar-refractivity contribution is 5.85. The molecule has 0 fully saturated rings. The fourth-order valence-corrected chi connectivity index (χ4v) is 1.49. The molecule has 0 heterocycles. The third kappa shape index (κ3) is 5.76. The molecule has 2 N–H and O–H groups in total. The molecule has 92 valence electrons. The van der Waals surface area contributed by atoms with E-state index >= 15 is 0 Å². The smallest absolute Gasteiger partial charge is 0.328 e. The van der Waals surface area contributed by atoms with Crippen LogP contribution in [0.15, 0.2) is 30.3 Å². The summed E-state index contributed by atoms with van der Waals surface area (Å²) in [6.07, 6.45) is 6.37. The van der Waals surface area contributed by atoms with Crippen molar-refractivity contribution in [3.63, 3.8) is 0 Å². The molecule has 0 saturated carbocycles. The van der Waals surface area contributed by atoms with Crippen molar-refractivity contribution in [3.8, 4) is 0 Å². The second-order valence-electron chi connectivity index (χ2n) is 3.93. The lowest BCUT2D eigenvalue weighted by atomic mass is 10.2. The molecule has 0 aliphatic rings. The molecule has 1 aromatic rings. The molecule has 0 aliphatic heterocycles. The van der Waals surface area contributed by atoms with Gasteiger partial charge in [-0.25, -0.2) is 4.79 Å². The number of carboxylic acid groups (broad SMARTS) is 1. The number of nitrogens with one attached hydrogen (secondary N) is 1. The normalized spacial score (nSPS) is 10.6. The van der Waals surface area contributed by atoms with E-state index in [1.807, 2.05) is 24.3 Å². The largest absolute Gasteiger partial charge is 0.478 e. The predicted octanol–water partition coefficient (Wildman–Crippen LogP) is 3.39. The van der Waals surface area contributed by atoms with Crippen molar-refractivity contribution in [3.05, 3.63) is 35.9 Å². The average Bonchev–Trinajstić information content (AvgIpc) is 2.33. The molecule has 17 heavy (non-hydrogen) atoms. The van der Waals surface area contributed by atoms with Gasteiger partial charge in [-0.2, -0.15) is 0 Å². The Morgan fingerprint density at radius 2 is 2.00 bits per heavy atom. The Morgan fingerprint density at radius 1 is 1.29 bits per heavy atom. The van der Waals surface area contributed by atoms with Gasteiger partial charge in [0.15, 0.2) is 0 Å². The lowest BCUT2D eigenvalue weighted by Crippen LogP contribution is -2.00. The first kappa shape index (κ1) is 13.3. The standard InChI is InChI=1S/C14H19NO2/c1-2-3-4-11-15-13-8-5-12(6-9-13)7-10-14(16)17/h5-10,15H,2-4,11H2,1H3,(H,16,17). The Bertz CT molecular complexity index is 368. The van der Waals surface area contributed by atoms with Crippen molar-refractivity contribution in [2.24, 2.45) is 0 Å². The number of carboxylic acids is 1. The molecule has 0 amide bonds. The van der Waals surface area contributed by atoms with Gasteiger partial charge in [-0.1, -0.05) is 31.9 Å². The van der Waals surface area contributed by atoms with Gasteiger partial charge < -0.3 is 10.4 Å². The lowest BCUT2D eigenvalue weighted by Gasteiger charge is -2.05. The quantitative estimate of drug-likeness (QED) is 0.560. The summed E-state index contributed by atoms with van der Waals surface area (Å²) < 4.78 is 0. The van der Waals surface area contributed by atoms with Crippen LogP contribution in [0.3, 0.4) is 0 Å². The summed E-state index contributed by atoms with van der Waals surface area (Å²) in [6.45, 7) is 3.17. The molecule has 1 rings (SSSR count). The molecule has 3 nitrogen and oxygen atoms in total. The Balaban J connectivity index is 2.42. The molecule has 0 aromatic heterocycles. The molecular weight excluding hydrogens is 214 g/mol. The van der Waals surface area contributed by atoms with E-state index in [-0.39, 0.29) is 0 Å². The first-order valence-corrected chi connectivity index (χ1v) is 5.97. The molecular formula is C14H19NO2. The molecule has 0 radical (unpaired) electrons. The van der Waals surface area contributed by atoms with Crippen molar-refractivity contribution in [1.82, 2.24) is 0 Å². The molecule has 0 unspecified atom stereocenters. The lowest BCUT2D eigenvalue weighted by molar-refractivity contribution is -0.131. The van der Waals surface area contributed by atoms with Crippen LogP contribution < -0.4 is 5.32 Å². The van der Waals surface area contributed by atoms with Crippen LogP contribution >= 0.6 is 0 Å². The number of rotatable bonds is 7. The number of aliphatic carboxylic acids is 1. The zero-order valence-electron chi connectivity index (χ0n) is 10.1. The second kappa shape index (κ2) is 7.49. The highest BCUT2D eigenvalue weighted by Gasteiger charge is 1.93. The van der Waals surface area contributed by atoms with Crippen molar-refractivity contribution in [1.29, 1.82) is 0 Å². The summed E-state index contributed by atoms with van der Waals surface area (Å²) in [4.78, 5) is 10.3. The Hall–Kier alpha value is -1.77. The van der Waals surface area contributed by atoms with E-state index in [0.717, 1.165) is 23.9 Å². The topological polar surface area (TPSA) is 49.3 Å². The van der Waals surface area contributed by atoms with Gasteiger partial charge in [0, 0.05) is 18.3 Å². The molecule has 0 aliphatic carbocycles. The minimum absolute atomic E-state index is 0.895. The van der Waals surface area contributed by atoms with E-state index in [0.29, 0.717) is 0 Å². The van der Waals surface area contributed by atoms with Gasteiger partial charge >= 0.3 is 5.97 Å². The zero-order valence-corrected chi connectivity index (χ0v) is 10.1. The summed E-state index contributed by atoms with van der Waals surface area (Å²) in [5, 5.41) is 11.8. The Morgan fingerprint density at radius 3 is 2.59 bits per heavy atom. The average molecular weight is 233 g/mol. The van der Waals surface area contributed by atoms with E-state index in [4.69, 9.17) is 5.11 Å². The summed E-state index contributed by atoms with van der Waals surface area (Å²) in [6, 6.07) is 7.74. The van der Waals surface area contributed by atoms with Crippen molar-refractivity contribution in [2.75, 3.05) is 11.9 Å². The van der Waals surface area contributed by atoms with Gasteiger partial charge in [0.2, 0.25) is 0 Å². The number of hydrogen-bond acceptors (Lipinski definition) is 2. The van der Waals surface area contributed by atoms with Crippen molar-refractivity contribution >= 4 is 17.7 Å². The monoisotopic (exact) mass is 233 g/mol. The van der Waals surface area contributed by atoms with E-state index < -0.39 is 5.97 Å². The van der Waals surface area contributed by atoms with Gasteiger partial charge in [-0.05, 0) is 30.2 Å². The van der Waals surface area contributed by atoms with E-state index in [2.05, 4.69) is 12.2 Å². The van der Waals surface area contributed by atoms with Crippen LogP contribution in [0.5, 0.6) is 0 Å². The number of anilines is 1. The molecule has 0 saturated heterocycles. The molecule has 3 heteroatoms. The fraction of sp³-hybridized carbons (Fsp3) is 0.357. The molecule has 0 bridgehead atoms. The van der Waals surface area contributed by atoms with Crippen LogP contribution in [-0.2, 0) is 4.79 Å². The molecule has 1 aromatic carbocycles. The maximum Gasteiger partial charge on any atom is 0.328 e. The second-order valence-corrected chi connectivity index (χ2v) is 3.93. The summed E-state index contributed by atoms with van der Waals surface area (Å²) in [5.74, 6) is -0.924. The van der Waals surface area contributed by atoms with Crippen LogP contribution in [0.2, 0.25) is 0 Å². The Labute approximate surface area is 102 Å². The highest BCUT2D eigenvalue weighted by atomic mass is 16.4. The molecule has 0 spiro atoms. The third-order valence-electron chi connectivity index (χ3n) is 2.44. The first-order chi connectivity index (χ1) is 8.22. The van der Waals surface area contributed by atoms with E-state index in [1.54, 1.807) is 6.08 Å². The maximum atomic E-state index is 10.3. The van der Waals surface area contributed by atoms with Crippen LogP contribution in [0.1, 0.15) is 31.7 Å². The van der Waals surface area contributed by atoms with Gasteiger partial charge in [0.05, 0.1) is 0 Å². The maximum absolute atomic E-state index is 10.3. The van der Waals surface area contributed by atoms with Crippen LogP contribution in [0.25, 0.3) is 6.08 Å². The van der Waals surface area contributed by atoms with Crippen LogP contribution in [0.4, 0.5) is 5.69 Å². The number of unbranched alkanes of at least 4 members (excludes halogenated alkanes) is 2. The third-order valence-corrected chi connectivity index (χ3v) is 2.44. The van der Waals surface area contributed by atoms with E-state index in [9.17, 15) is 4.79 Å². The minimum Gasteiger partial charge on any atom is -0.478 e. The summed E-state index contributed by atoms with van der Waals surface area (Å²) in [7, 11) is 0. The van der Waals surface area contributed by atoms with Gasteiger partial charge in [-0.3, -0.25) is 0 Å². The predicted molar refractivity (Wildman–Crippen MR) is 71.1 cm³/mol. The van der Waals surface area contributed by atoms with E-state index in [1.165, 1.54) is 19.3 Å². The zero-order chi connectivity index (χ0) is 12.5. The van der Waals surface area contributed by atoms with Gasteiger partial charge in [-0.15, -0.1) is 0 Å². The minimum atomic E-state index is -0.924. The number of benzene rings is 1. The van der Waals surface area contributed by atoms with Crippen LogP contribution in [0, 0.1) is 0 Å². The molecule has 0 atom stereocenters. The number of hydrogen-bond donors (Lipinski definition) is 2. The van der Waals surface area contributed by atoms with Crippen molar-refractivity contribution < 1.29 is 9.90 Å². The van der Waals surface area contributed by atoms with Gasteiger partial charge in [0.25, 0.3) is 0 Å². The fourth-order valence-electron chi connectivity index (χ4n) is 1.49. The highest BCUT2D eigenvalue weighted by Crippen LogP contribution is 2.11. The first-order valence-electron chi connectivity index (χ1n) is 5.97. The summed E-state index contributed by atoms with van der Waals surface area (Å²) >= 11 is 0.